The monoisotopic (exact) mass is 171 g/mol. The van der Waals surface area contributed by atoms with E-state index in [-0.39, 0.29) is 6.08 Å². The summed E-state index contributed by atoms with van der Waals surface area (Å²) in [6, 6.07) is 0. The molecule has 0 radical (unpaired) electrons. The minimum absolute atomic E-state index is 0.172. The first-order valence-corrected chi connectivity index (χ1v) is 3.80. The maximum absolute atomic E-state index is 5.73. The number of nitrogens with two attached hydrogens (primary N) is 1. The zero-order valence-electron chi connectivity index (χ0n) is 7.50. The van der Waals surface area contributed by atoms with Crippen LogP contribution in [0.25, 0.3) is 0 Å². The molecule has 68 valence electrons. The lowest BCUT2D eigenvalue weighted by Crippen LogP contribution is -2.30. The Bertz CT molecular complexity index is 251. The van der Waals surface area contributed by atoms with Crippen molar-refractivity contribution in [3.8, 4) is 6.08 Å². The van der Waals surface area contributed by atoms with Gasteiger partial charge in [0.15, 0.2) is 5.82 Å². The van der Waals surface area contributed by atoms with Crippen LogP contribution in [0.3, 0.4) is 0 Å². The van der Waals surface area contributed by atoms with Gasteiger partial charge in [0.05, 0.1) is 12.1 Å². The Morgan fingerprint density at radius 2 is 2.25 bits per heavy atom. The van der Waals surface area contributed by atoms with E-state index in [1.807, 2.05) is 6.92 Å². The normalized spacial score (nSPS) is 11.7. The first-order chi connectivity index (χ1) is 5.54. The Kier molecular flexibility index (Phi) is 2.32. The maximum atomic E-state index is 5.73. The molecule has 1 aromatic heterocycles. The topological polar surface area (TPSA) is 74.2 Å². The van der Waals surface area contributed by atoms with Gasteiger partial charge in [-0.1, -0.05) is 5.16 Å². The predicted molar refractivity (Wildman–Crippen MR) is 42.7 cm³/mol. The van der Waals surface area contributed by atoms with Gasteiger partial charge in [-0.25, -0.2) is 0 Å². The van der Waals surface area contributed by atoms with Gasteiger partial charge in [0.2, 0.25) is 0 Å². The van der Waals surface area contributed by atoms with Crippen molar-refractivity contribution in [2.24, 2.45) is 5.73 Å². The maximum Gasteiger partial charge on any atom is 0.417 e. The van der Waals surface area contributed by atoms with E-state index in [1.54, 1.807) is 13.8 Å². The molecule has 0 spiro atoms. The summed E-state index contributed by atoms with van der Waals surface area (Å²) in [5.74, 6) is 0.450. The van der Waals surface area contributed by atoms with E-state index in [2.05, 4.69) is 10.1 Å². The van der Waals surface area contributed by atoms with Gasteiger partial charge in [-0.3, -0.25) is 4.52 Å². The van der Waals surface area contributed by atoms with Gasteiger partial charge in [-0.2, -0.15) is 4.98 Å². The molecular weight excluding hydrogens is 158 g/mol. The summed E-state index contributed by atoms with van der Waals surface area (Å²) in [5.41, 5.74) is 5.14. The number of rotatable bonds is 3. The van der Waals surface area contributed by atoms with Crippen molar-refractivity contribution < 1.29 is 9.26 Å². The zero-order valence-corrected chi connectivity index (χ0v) is 7.50. The second-order valence-corrected chi connectivity index (χ2v) is 3.04. The molecule has 5 nitrogen and oxygen atoms in total. The Hall–Kier alpha value is -1.10. The van der Waals surface area contributed by atoms with Crippen molar-refractivity contribution >= 4 is 0 Å². The molecule has 0 saturated carbocycles. The van der Waals surface area contributed by atoms with Gasteiger partial charge in [-0.05, 0) is 20.8 Å². The average Bonchev–Trinajstić information content (AvgIpc) is 2.35. The van der Waals surface area contributed by atoms with Crippen molar-refractivity contribution in [1.29, 1.82) is 0 Å². The fourth-order valence-electron chi connectivity index (χ4n) is 0.653. The first-order valence-electron chi connectivity index (χ1n) is 3.80. The summed E-state index contributed by atoms with van der Waals surface area (Å²) in [4.78, 5) is 3.95. The lowest BCUT2D eigenvalue weighted by molar-refractivity contribution is 0.214. The summed E-state index contributed by atoms with van der Waals surface area (Å²) in [7, 11) is 0. The predicted octanol–water partition coefficient (Wildman–Crippen LogP) is 0.662. The van der Waals surface area contributed by atoms with Crippen LogP contribution in [0.4, 0.5) is 0 Å². The molecule has 0 atom stereocenters. The van der Waals surface area contributed by atoms with Gasteiger partial charge in [-0.15, -0.1) is 0 Å². The average molecular weight is 171 g/mol. The minimum Gasteiger partial charge on any atom is -0.449 e. The molecule has 0 aromatic carbocycles. The molecule has 0 saturated heterocycles. The van der Waals surface area contributed by atoms with Crippen molar-refractivity contribution in [2.45, 2.75) is 26.3 Å². The molecule has 0 aliphatic carbocycles. The van der Waals surface area contributed by atoms with Gasteiger partial charge in [0.25, 0.3) is 0 Å². The molecule has 5 heteroatoms. The van der Waals surface area contributed by atoms with Crippen LogP contribution in [0.5, 0.6) is 6.08 Å². The Balaban J connectivity index is 2.77. The summed E-state index contributed by atoms with van der Waals surface area (Å²) in [6.45, 7) is 5.95. The Morgan fingerprint density at radius 3 is 2.67 bits per heavy atom. The van der Waals surface area contributed by atoms with Crippen molar-refractivity contribution in [3.63, 3.8) is 0 Å². The number of hydrogen-bond donors (Lipinski definition) is 1. The second-order valence-electron chi connectivity index (χ2n) is 3.04. The van der Waals surface area contributed by atoms with Gasteiger partial charge < -0.3 is 10.5 Å². The number of nitrogens with zero attached hydrogens (tertiary/aromatic N) is 2. The van der Waals surface area contributed by atoms with Crippen LogP contribution >= 0.6 is 0 Å². The Labute approximate surface area is 70.9 Å². The van der Waals surface area contributed by atoms with E-state index in [0.717, 1.165) is 0 Å². The highest BCUT2D eigenvalue weighted by atomic mass is 16.6. The third kappa shape index (κ3) is 1.94. The summed E-state index contributed by atoms with van der Waals surface area (Å²) < 4.78 is 9.75. The molecule has 1 heterocycles. The molecule has 2 N–H and O–H groups in total. The van der Waals surface area contributed by atoms with E-state index in [4.69, 9.17) is 15.0 Å². The zero-order chi connectivity index (χ0) is 9.19. The van der Waals surface area contributed by atoms with Crippen LogP contribution in [0.1, 0.15) is 26.6 Å². The quantitative estimate of drug-likeness (QED) is 0.723. The summed E-state index contributed by atoms with van der Waals surface area (Å²) in [6.07, 6.45) is 0.172. The SMILES string of the molecule is CCOc1nc(C(C)(C)N)no1. The van der Waals surface area contributed by atoms with E-state index < -0.39 is 5.54 Å². The van der Waals surface area contributed by atoms with Gasteiger partial charge in [0, 0.05) is 0 Å². The fourth-order valence-corrected chi connectivity index (χ4v) is 0.653. The highest BCUT2D eigenvalue weighted by Crippen LogP contribution is 2.15. The molecule has 12 heavy (non-hydrogen) atoms. The summed E-state index contributed by atoms with van der Waals surface area (Å²) in [5, 5.41) is 3.67. The fraction of sp³-hybridized carbons (Fsp3) is 0.714. The second kappa shape index (κ2) is 3.10. The lowest BCUT2D eigenvalue weighted by Gasteiger charge is -2.11. The number of hydrogen-bond acceptors (Lipinski definition) is 5. The first kappa shape index (κ1) is 8.99. The Morgan fingerprint density at radius 1 is 1.58 bits per heavy atom. The lowest BCUT2D eigenvalue weighted by atomic mass is 10.1. The summed E-state index contributed by atoms with van der Waals surface area (Å²) >= 11 is 0. The molecule has 0 aliphatic heterocycles. The molecule has 0 aliphatic rings. The van der Waals surface area contributed by atoms with E-state index >= 15 is 0 Å². The molecule has 1 aromatic rings. The molecule has 0 fully saturated rings. The molecular formula is C7H13N3O2. The van der Waals surface area contributed by atoms with Crippen molar-refractivity contribution in [3.05, 3.63) is 5.82 Å². The van der Waals surface area contributed by atoms with Gasteiger partial charge in [0.1, 0.15) is 0 Å². The third-order valence-corrected chi connectivity index (χ3v) is 1.25. The van der Waals surface area contributed by atoms with E-state index in [9.17, 15) is 0 Å². The van der Waals surface area contributed by atoms with Crippen LogP contribution in [0.15, 0.2) is 4.52 Å². The van der Waals surface area contributed by atoms with E-state index in [0.29, 0.717) is 12.4 Å². The molecule has 0 bridgehead atoms. The van der Waals surface area contributed by atoms with Crippen molar-refractivity contribution in [2.75, 3.05) is 6.61 Å². The van der Waals surface area contributed by atoms with Crippen LogP contribution in [0, 0.1) is 0 Å². The van der Waals surface area contributed by atoms with Crippen LogP contribution in [-0.2, 0) is 5.54 Å². The highest BCUT2D eigenvalue weighted by molar-refractivity contribution is 5.00. The third-order valence-electron chi connectivity index (χ3n) is 1.25. The van der Waals surface area contributed by atoms with E-state index in [1.165, 1.54) is 0 Å². The number of aromatic nitrogens is 2. The van der Waals surface area contributed by atoms with Crippen LogP contribution in [-0.4, -0.2) is 16.7 Å². The smallest absolute Gasteiger partial charge is 0.417 e. The highest BCUT2D eigenvalue weighted by Gasteiger charge is 2.21. The standard InChI is InChI=1S/C7H13N3O2/c1-4-11-6-9-5(10-12-6)7(2,3)8/h4,8H2,1-3H3. The molecule has 0 unspecified atom stereocenters. The number of ether oxygens (including phenoxy) is 1. The van der Waals surface area contributed by atoms with Crippen molar-refractivity contribution in [1.82, 2.24) is 10.1 Å². The van der Waals surface area contributed by atoms with Crippen LogP contribution < -0.4 is 10.5 Å². The molecule has 0 amide bonds. The minimum atomic E-state index is -0.584. The largest absolute Gasteiger partial charge is 0.449 e. The van der Waals surface area contributed by atoms with Crippen LogP contribution in [0.2, 0.25) is 0 Å². The van der Waals surface area contributed by atoms with Gasteiger partial charge >= 0.3 is 6.08 Å². The molecule has 1 rings (SSSR count).